The van der Waals surface area contributed by atoms with E-state index < -0.39 is 11.9 Å². The minimum Gasteiger partial charge on any atom is -0.378 e. The molecule has 0 bridgehead atoms. The number of nitrogens with zero attached hydrogens (tertiary/aromatic N) is 3. The number of hydrogen-bond donors (Lipinski definition) is 2. The van der Waals surface area contributed by atoms with Crippen LogP contribution in [-0.4, -0.2) is 48.4 Å². The van der Waals surface area contributed by atoms with Crippen molar-refractivity contribution in [1.29, 1.82) is 0 Å². The molecule has 0 amide bonds. The van der Waals surface area contributed by atoms with Gasteiger partial charge in [-0.2, -0.15) is 18.2 Å². The van der Waals surface area contributed by atoms with E-state index in [-0.39, 0.29) is 16.9 Å². The maximum Gasteiger partial charge on any atom is 0.433 e. The molecule has 2 N–H and O–H groups in total. The van der Waals surface area contributed by atoms with E-state index in [4.69, 9.17) is 17.0 Å². The number of morpholine rings is 1. The number of hydrogen-bond acceptors (Lipinski definition) is 5. The van der Waals surface area contributed by atoms with Crippen LogP contribution in [-0.2, 0) is 10.9 Å². The van der Waals surface area contributed by atoms with Crippen LogP contribution in [0.25, 0.3) is 0 Å². The standard InChI is InChI=1S/C11H14F3N5OS/c1-15-10(21)18-9-16-7(11(12,13)14)6-8(17-9)19-2-4-20-5-3-19/h6H,2-5H2,1H3,(H2,15,16,17,18,21). The molecule has 0 radical (unpaired) electrons. The van der Waals surface area contributed by atoms with Crippen molar-refractivity contribution in [3.05, 3.63) is 11.8 Å². The van der Waals surface area contributed by atoms with Crippen LogP contribution in [0.5, 0.6) is 0 Å². The van der Waals surface area contributed by atoms with Crippen LogP contribution < -0.4 is 15.5 Å². The third-order valence-corrected chi connectivity index (χ3v) is 3.10. The summed E-state index contributed by atoms with van der Waals surface area (Å²) in [6.07, 6.45) is -4.55. The molecule has 10 heteroatoms. The lowest BCUT2D eigenvalue weighted by atomic mass is 10.3. The number of alkyl halides is 3. The fraction of sp³-hybridized carbons (Fsp3) is 0.545. The number of rotatable bonds is 2. The second-order valence-electron chi connectivity index (χ2n) is 4.24. The average molecular weight is 321 g/mol. The van der Waals surface area contributed by atoms with Crippen LogP contribution in [0.4, 0.5) is 24.9 Å². The molecule has 1 fully saturated rings. The summed E-state index contributed by atoms with van der Waals surface area (Å²) in [6, 6.07) is 0.929. The van der Waals surface area contributed by atoms with Crippen LogP contribution in [0.1, 0.15) is 5.69 Å². The predicted molar refractivity (Wildman–Crippen MR) is 75.3 cm³/mol. The maximum atomic E-state index is 12.9. The van der Waals surface area contributed by atoms with Gasteiger partial charge < -0.3 is 20.3 Å². The van der Waals surface area contributed by atoms with Crippen molar-refractivity contribution in [1.82, 2.24) is 15.3 Å². The summed E-state index contributed by atoms with van der Waals surface area (Å²) in [5.41, 5.74) is -1.01. The molecule has 1 aromatic heterocycles. The molecule has 2 heterocycles. The molecule has 6 nitrogen and oxygen atoms in total. The molecule has 1 saturated heterocycles. The van der Waals surface area contributed by atoms with Gasteiger partial charge in [0.1, 0.15) is 5.82 Å². The number of nitrogens with one attached hydrogen (secondary N) is 2. The van der Waals surface area contributed by atoms with Crippen molar-refractivity contribution in [2.24, 2.45) is 0 Å². The van der Waals surface area contributed by atoms with E-state index in [0.29, 0.717) is 26.3 Å². The molecule has 21 heavy (non-hydrogen) atoms. The first kappa shape index (κ1) is 15.7. The molecule has 2 rings (SSSR count). The smallest absolute Gasteiger partial charge is 0.378 e. The predicted octanol–water partition coefficient (Wildman–Crippen LogP) is 1.25. The lowest BCUT2D eigenvalue weighted by Crippen LogP contribution is -2.37. The number of aromatic nitrogens is 2. The third-order valence-electron chi connectivity index (χ3n) is 2.79. The number of ether oxygens (including phenoxy) is 1. The van der Waals surface area contributed by atoms with E-state index >= 15 is 0 Å². The molecule has 1 aliphatic rings. The van der Waals surface area contributed by atoms with Gasteiger partial charge in [0.25, 0.3) is 0 Å². The van der Waals surface area contributed by atoms with Crippen molar-refractivity contribution >= 4 is 29.1 Å². The summed E-state index contributed by atoms with van der Waals surface area (Å²) in [4.78, 5) is 9.25. The Morgan fingerprint density at radius 3 is 2.57 bits per heavy atom. The SMILES string of the molecule is CNC(=S)Nc1nc(N2CCOCC2)cc(C(F)(F)F)n1. The van der Waals surface area contributed by atoms with Crippen LogP contribution in [0.2, 0.25) is 0 Å². The number of halogens is 3. The quantitative estimate of drug-likeness (QED) is 0.795. The summed E-state index contributed by atoms with van der Waals surface area (Å²) in [5, 5.41) is 5.26. The van der Waals surface area contributed by atoms with Crippen molar-refractivity contribution in [2.75, 3.05) is 43.6 Å². The molecule has 0 aliphatic carbocycles. The Hall–Kier alpha value is -1.68. The van der Waals surface area contributed by atoms with Crippen LogP contribution in [0.15, 0.2) is 6.07 Å². The second-order valence-corrected chi connectivity index (χ2v) is 4.64. The highest BCUT2D eigenvalue weighted by molar-refractivity contribution is 7.80. The maximum absolute atomic E-state index is 12.9. The number of thiocarbonyl (C=S) groups is 1. The Balaban J connectivity index is 2.34. The minimum atomic E-state index is -4.55. The van der Waals surface area contributed by atoms with Crippen LogP contribution in [0, 0.1) is 0 Å². The summed E-state index contributed by atoms with van der Waals surface area (Å²) in [5.74, 6) is 0.00712. The Labute approximate surface area is 124 Å². The Bertz CT molecular complexity index is 519. The molecule has 1 aromatic rings. The molecular formula is C11H14F3N5OS. The zero-order chi connectivity index (χ0) is 15.5. The van der Waals surface area contributed by atoms with E-state index in [1.165, 1.54) is 0 Å². The van der Waals surface area contributed by atoms with Gasteiger partial charge in [-0.05, 0) is 12.2 Å². The first-order valence-electron chi connectivity index (χ1n) is 6.18. The number of anilines is 2. The van der Waals surface area contributed by atoms with Gasteiger partial charge in [0.15, 0.2) is 10.8 Å². The Morgan fingerprint density at radius 1 is 1.33 bits per heavy atom. The lowest BCUT2D eigenvalue weighted by Gasteiger charge is -2.28. The molecule has 0 spiro atoms. The van der Waals surface area contributed by atoms with E-state index in [9.17, 15) is 13.2 Å². The summed E-state index contributed by atoms with van der Waals surface area (Å²) in [7, 11) is 1.55. The normalized spacial score (nSPS) is 15.7. The molecular weight excluding hydrogens is 307 g/mol. The van der Waals surface area contributed by atoms with Gasteiger partial charge in [0.2, 0.25) is 5.95 Å². The minimum absolute atomic E-state index is 0.141. The zero-order valence-electron chi connectivity index (χ0n) is 11.2. The summed E-state index contributed by atoms with van der Waals surface area (Å²) < 4.78 is 44.0. The zero-order valence-corrected chi connectivity index (χ0v) is 12.0. The lowest BCUT2D eigenvalue weighted by molar-refractivity contribution is -0.141. The van der Waals surface area contributed by atoms with Gasteiger partial charge in [-0.1, -0.05) is 0 Å². The third kappa shape index (κ3) is 4.14. The van der Waals surface area contributed by atoms with Gasteiger partial charge >= 0.3 is 6.18 Å². The van der Waals surface area contributed by atoms with Crippen molar-refractivity contribution < 1.29 is 17.9 Å². The van der Waals surface area contributed by atoms with Crippen LogP contribution >= 0.6 is 12.2 Å². The Morgan fingerprint density at radius 2 is 2.00 bits per heavy atom. The largest absolute Gasteiger partial charge is 0.433 e. The Kier molecular flexibility index (Phi) is 4.78. The van der Waals surface area contributed by atoms with Gasteiger partial charge in [-0.15, -0.1) is 0 Å². The summed E-state index contributed by atoms with van der Waals surface area (Å²) in [6.45, 7) is 1.85. The van der Waals surface area contributed by atoms with Crippen molar-refractivity contribution in [2.45, 2.75) is 6.18 Å². The highest BCUT2D eigenvalue weighted by Gasteiger charge is 2.34. The second kappa shape index (κ2) is 6.39. The van der Waals surface area contributed by atoms with Gasteiger partial charge in [0.05, 0.1) is 13.2 Å². The van der Waals surface area contributed by atoms with Gasteiger partial charge in [0, 0.05) is 26.2 Å². The van der Waals surface area contributed by atoms with E-state index in [0.717, 1.165) is 6.07 Å². The highest BCUT2D eigenvalue weighted by Crippen LogP contribution is 2.30. The van der Waals surface area contributed by atoms with Gasteiger partial charge in [-0.25, -0.2) is 4.98 Å². The van der Waals surface area contributed by atoms with Gasteiger partial charge in [-0.3, -0.25) is 0 Å². The average Bonchev–Trinajstić information content (AvgIpc) is 2.47. The molecule has 0 saturated carbocycles. The van der Waals surface area contributed by atoms with E-state index in [1.54, 1.807) is 11.9 Å². The molecule has 0 unspecified atom stereocenters. The molecule has 1 aliphatic heterocycles. The fourth-order valence-electron chi connectivity index (χ4n) is 1.75. The van der Waals surface area contributed by atoms with E-state index in [1.807, 2.05) is 0 Å². The summed E-state index contributed by atoms with van der Waals surface area (Å²) >= 11 is 4.86. The van der Waals surface area contributed by atoms with Crippen LogP contribution in [0.3, 0.4) is 0 Å². The molecule has 116 valence electrons. The molecule has 0 aromatic carbocycles. The highest BCUT2D eigenvalue weighted by atomic mass is 32.1. The monoisotopic (exact) mass is 321 g/mol. The van der Waals surface area contributed by atoms with Crippen molar-refractivity contribution in [3.8, 4) is 0 Å². The first-order valence-corrected chi connectivity index (χ1v) is 6.58. The van der Waals surface area contributed by atoms with Crippen molar-refractivity contribution in [3.63, 3.8) is 0 Å². The topological polar surface area (TPSA) is 62.3 Å². The van der Waals surface area contributed by atoms with E-state index in [2.05, 4.69) is 20.6 Å². The first-order chi connectivity index (χ1) is 9.90. The molecule has 0 atom stereocenters. The fourth-order valence-corrected chi connectivity index (χ4v) is 1.85.